The minimum absolute atomic E-state index is 0.285. The maximum Gasteiger partial charge on any atom is 0.333 e. The van der Waals surface area contributed by atoms with Gasteiger partial charge in [-0.15, -0.1) is 0 Å². The maximum atomic E-state index is 11.6. The summed E-state index contributed by atoms with van der Waals surface area (Å²) in [6.07, 6.45) is 1.45. The molecule has 100 valence electrons. The van der Waals surface area contributed by atoms with Crippen LogP contribution in [0.3, 0.4) is 0 Å². The first-order chi connectivity index (χ1) is 9.56. The van der Waals surface area contributed by atoms with Gasteiger partial charge in [-0.3, -0.25) is 0 Å². The monoisotopic (exact) mass is 267 g/mol. The number of hydrogen-bond acceptors (Lipinski definition) is 4. The summed E-state index contributed by atoms with van der Waals surface area (Å²) in [6, 6.07) is 14.0. The van der Waals surface area contributed by atoms with Gasteiger partial charge in [0.05, 0.1) is 11.9 Å². The van der Waals surface area contributed by atoms with E-state index in [4.69, 9.17) is 5.26 Å². The van der Waals surface area contributed by atoms with E-state index < -0.39 is 11.5 Å². The Bertz CT molecular complexity index is 647. The molecule has 0 spiro atoms. The normalized spacial score (nSPS) is 13.0. The highest BCUT2D eigenvalue weighted by Crippen LogP contribution is 2.26. The summed E-state index contributed by atoms with van der Waals surface area (Å²) in [5.74, 6) is -0.993. The van der Waals surface area contributed by atoms with Crippen LogP contribution < -0.4 is 5.32 Å². The lowest BCUT2D eigenvalue weighted by Crippen LogP contribution is -2.40. The Kier molecular flexibility index (Phi) is 3.67. The molecule has 1 heterocycles. The number of nitrogens with one attached hydrogen (secondary N) is 1. The average molecular weight is 267 g/mol. The number of carboxylic acids is 1. The fraction of sp³-hybridized carbons (Fsp3) is 0.133. The molecule has 5 heteroatoms. The van der Waals surface area contributed by atoms with Crippen LogP contribution in [0.2, 0.25) is 0 Å². The lowest BCUT2D eigenvalue weighted by atomic mass is 9.92. The van der Waals surface area contributed by atoms with Crippen LogP contribution in [0.4, 0.5) is 5.69 Å². The van der Waals surface area contributed by atoms with Gasteiger partial charge in [0, 0.05) is 0 Å². The van der Waals surface area contributed by atoms with Crippen LogP contribution in [-0.2, 0) is 10.3 Å². The van der Waals surface area contributed by atoms with Crippen molar-refractivity contribution in [2.75, 3.05) is 5.32 Å². The van der Waals surface area contributed by atoms with Gasteiger partial charge in [0.1, 0.15) is 11.8 Å². The van der Waals surface area contributed by atoms with E-state index in [1.54, 1.807) is 37.3 Å². The second kappa shape index (κ2) is 5.41. The molecule has 0 saturated carbocycles. The SMILES string of the molecule is CC(Nc1ccc(C#N)nc1)(C(=O)O)c1ccccc1. The molecule has 0 aliphatic carbocycles. The predicted octanol–water partition coefficient (Wildman–Crippen LogP) is 2.37. The number of aliphatic carboxylic acids is 1. The molecule has 0 bridgehead atoms. The molecular weight excluding hydrogens is 254 g/mol. The molecule has 0 fully saturated rings. The minimum atomic E-state index is -1.27. The Balaban J connectivity index is 2.35. The zero-order valence-corrected chi connectivity index (χ0v) is 10.9. The van der Waals surface area contributed by atoms with Crippen molar-refractivity contribution in [2.45, 2.75) is 12.5 Å². The third-order valence-corrected chi connectivity index (χ3v) is 3.05. The number of carbonyl (C=O) groups is 1. The third kappa shape index (κ3) is 2.59. The number of aromatic nitrogens is 1. The van der Waals surface area contributed by atoms with Crippen LogP contribution in [0.1, 0.15) is 18.2 Å². The third-order valence-electron chi connectivity index (χ3n) is 3.05. The summed E-state index contributed by atoms with van der Waals surface area (Å²) in [7, 11) is 0. The van der Waals surface area contributed by atoms with Gasteiger partial charge in [-0.2, -0.15) is 5.26 Å². The quantitative estimate of drug-likeness (QED) is 0.888. The van der Waals surface area contributed by atoms with Crippen molar-refractivity contribution in [1.29, 1.82) is 5.26 Å². The number of hydrogen-bond donors (Lipinski definition) is 2. The molecule has 20 heavy (non-hydrogen) atoms. The van der Waals surface area contributed by atoms with Crippen LogP contribution in [0.15, 0.2) is 48.7 Å². The first-order valence-corrected chi connectivity index (χ1v) is 5.99. The van der Waals surface area contributed by atoms with E-state index in [2.05, 4.69) is 10.3 Å². The first-order valence-electron chi connectivity index (χ1n) is 5.99. The Morgan fingerprint density at radius 3 is 2.50 bits per heavy atom. The molecule has 0 aliphatic heterocycles. The number of nitrogens with zero attached hydrogens (tertiary/aromatic N) is 2. The fourth-order valence-electron chi connectivity index (χ4n) is 1.84. The van der Waals surface area contributed by atoms with E-state index in [-0.39, 0.29) is 5.69 Å². The molecular formula is C15H13N3O2. The van der Waals surface area contributed by atoms with E-state index in [1.807, 2.05) is 12.1 Å². The number of nitriles is 1. The van der Waals surface area contributed by atoms with E-state index in [9.17, 15) is 9.90 Å². The number of benzene rings is 1. The summed E-state index contributed by atoms with van der Waals surface area (Å²) < 4.78 is 0. The number of rotatable bonds is 4. The number of pyridine rings is 1. The number of anilines is 1. The molecule has 1 aromatic heterocycles. The van der Waals surface area contributed by atoms with Gasteiger partial charge in [-0.05, 0) is 24.6 Å². The topological polar surface area (TPSA) is 86.0 Å². The summed E-state index contributed by atoms with van der Waals surface area (Å²) in [5.41, 5.74) is 0.193. The van der Waals surface area contributed by atoms with Crippen molar-refractivity contribution in [2.24, 2.45) is 0 Å². The largest absolute Gasteiger partial charge is 0.479 e. The maximum absolute atomic E-state index is 11.6. The predicted molar refractivity (Wildman–Crippen MR) is 74.0 cm³/mol. The molecule has 0 saturated heterocycles. The molecule has 2 rings (SSSR count). The highest BCUT2D eigenvalue weighted by molar-refractivity contribution is 5.84. The molecule has 0 amide bonds. The second-order valence-corrected chi connectivity index (χ2v) is 4.47. The average Bonchev–Trinajstić information content (AvgIpc) is 2.48. The van der Waals surface area contributed by atoms with Gasteiger partial charge in [-0.1, -0.05) is 30.3 Å². The van der Waals surface area contributed by atoms with Crippen molar-refractivity contribution in [3.63, 3.8) is 0 Å². The molecule has 0 radical (unpaired) electrons. The van der Waals surface area contributed by atoms with Crippen molar-refractivity contribution in [3.8, 4) is 6.07 Å². The van der Waals surface area contributed by atoms with Gasteiger partial charge >= 0.3 is 5.97 Å². The van der Waals surface area contributed by atoms with Crippen molar-refractivity contribution >= 4 is 11.7 Å². The standard InChI is InChI=1S/C15H13N3O2/c1-15(14(19)20,11-5-3-2-4-6-11)18-13-8-7-12(9-16)17-10-13/h2-8,10,18H,1H3,(H,19,20). The van der Waals surface area contributed by atoms with Gasteiger partial charge in [-0.25, -0.2) is 9.78 Å². The zero-order chi connectivity index (χ0) is 14.6. The lowest BCUT2D eigenvalue weighted by molar-refractivity contribution is -0.142. The van der Waals surface area contributed by atoms with Crippen LogP contribution >= 0.6 is 0 Å². The summed E-state index contributed by atoms with van der Waals surface area (Å²) in [5, 5.41) is 21.2. The molecule has 1 aromatic carbocycles. The highest BCUT2D eigenvalue weighted by Gasteiger charge is 2.35. The van der Waals surface area contributed by atoms with Crippen LogP contribution in [0, 0.1) is 11.3 Å². The van der Waals surface area contributed by atoms with E-state index in [0.29, 0.717) is 11.3 Å². The van der Waals surface area contributed by atoms with Crippen molar-refractivity contribution in [3.05, 3.63) is 59.9 Å². The zero-order valence-electron chi connectivity index (χ0n) is 10.9. The summed E-state index contributed by atoms with van der Waals surface area (Å²) in [4.78, 5) is 15.5. The van der Waals surface area contributed by atoms with Crippen molar-refractivity contribution < 1.29 is 9.90 Å². The summed E-state index contributed by atoms with van der Waals surface area (Å²) in [6.45, 7) is 1.59. The Hall–Kier alpha value is -2.87. The highest BCUT2D eigenvalue weighted by atomic mass is 16.4. The van der Waals surface area contributed by atoms with Gasteiger partial charge in [0.2, 0.25) is 0 Å². The molecule has 2 aromatic rings. The van der Waals surface area contributed by atoms with Gasteiger partial charge in [0.25, 0.3) is 0 Å². The Morgan fingerprint density at radius 1 is 1.30 bits per heavy atom. The minimum Gasteiger partial charge on any atom is -0.479 e. The molecule has 1 unspecified atom stereocenters. The molecule has 0 aliphatic rings. The van der Waals surface area contributed by atoms with E-state index in [1.165, 1.54) is 12.3 Å². The Morgan fingerprint density at radius 2 is 2.00 bits per heavy atom. The van der Waals surface area contributed by atoms with Crippen LogP contribution in [0.25, 0.3) is 0 Å². The van der Waals surface area contributed by atoms with Crippen molar-refractivity contribution in [1.82, 2.24) is 4.98 Å². The van der Waals surface area contributed by atoms with Crippen LogP contribution in [-0.4, -0.2) is 16.1 Å². The summed E-state index contributed by atoms with van der Waals surface area (Å²) >= 11 is 0. The van der Waals surface area contributed by atoms with Crippen LogP contribution in [0.5, 0.6) is 0 Å². The lowest BCUT2D eigenvalue weighted by Gasteiger charge is -2.27. The second-order valence-electron chi connectivity index (χ2n) is 4.47. The smallest absolute Gasteiger partial charge is 0.333 e. The van der Waals surface area contributed by atoms with Gasteiger partial charge in [0.15, 0.2) is 5.54 Å². The van der Waals surface area contributed by atoms with E-state index in [0.717, 1.165) is 0 Å². The molecule has 5 nitrogen and oxygen atoms in total. The Labute approximate surface area is 116 Å². The fourth-order valence-corrected chi connectivity index (χ4v) is 1.84. The van der Waals surface area contributed by atoms with Gasteiger partial charge < -0.3 is 10.4 Å². The number of carboxylic acid groups (broad SMARTS) is 1. The molecule has 2 N–H and O–H groups in total. The first kappa shape index (κ1) is 13.6. The molecule has 1 atom stereocenters. The van der Waals surface area contributed by atoms with E-state index >= 15 is 0 Å².